The molecule has 0 aliphatic heterocycles. The minimum atomic E-state index is -4.05. The van der Waals surface area contributed by atoms with Gasteiger partial charge in [-0.15, -0.1) is 12.4 Å². The van der Waals surface area contributed by atoms with Crippen LogP contribution < -0.4 is 5.32 Å². The molecule has 10 heteroatoms. The van der Waals surface area contributed by atoms with Crippen LogP contribution in [0, 0.1) is 5.41 Å². The van der Waals surface area contributed by atoms with Crippen LogP contribution in [0.5, 0.6) is 0 Å². The fourth-order valence-electron chi connectivity index (χ4n) is 3.33. The molecule has 0 atom stereocenters. The Labute approximate surface area is 190 Å². The van der Waals surface area contributed by atoms with Gasteiger partial charge < -0.3 is 10.4 Å². The number of hydrogen-bond donors (Lipinski definition) is 2. The Hall–Kier alpha value is -2.55. The van der Waals surface area contributed by atoms with Crippen LogP contribution in [0.1, 0.15) is 35.8 Å². The zero-order chi connectivity index (χ0) is 21.7. The number of hydrogen-bond acceptors (Lipinski definition) is 4. The summed E-state index contributed by atoms with van der Waals surface area (Å²) in [7, 11) is -4.05. The van der Waals surface area contributed by atoms with Gasteiger partial charge in [-0.2, -0.15) is 0 Å². The second-order valence-corrected chi connectivity index (χ2v) is 9.85. The third kappa shape index (κ3) is 4.15. The van der Waals surface area contributed by atoms with Gasteiger partial charge in [-0.3, -0.25) is 4.79 Å². The lowest BCUT2D eigenvalue weighted by atomic mass is 10.1. The molecule has 1 aromatic heterocycles. The lowest BCUT2D eigenvalue weighted by molar-refractivity contribution is -0.125. The van der Waals surface area contributed by atoms with Crippen molar-refractivity contribution in [3.63, 3.8) is 0 Å². The van der Waals surface area contributed by atoms with Crippen LogP contribution in [-0.2, 0) is 21.4 Å². The fraction of sp³-hybridized carbons (Fsp3) is 0.238. The second kappa shape index (κ2) is 8.18. The third-order valence-electron chi connectivity index (χ3n) is 5.41. The number of aromatic nitrogens is 1. The number of carboxylic acid groups (broad SMARTS) is 1. The lowest BCUT2D eigenvalue weighted by Crippen LogP contribution is -2.31. The molecule has 1 aliphatic rings. The van der Waals surface area contributed by atoms with Crippen molar-refractivity contribution in [3.8, 4) is 0 Å². The van der Waals surface area contributed by atoms with Crippen molar-refractivity contribution in [1.82, 2.24) is 9.29 Å². The maximum atomic E-state index is 13.4. The van der Waals surface area contributed by atoms with Crippen molar-refractivity contribution in [1.29, 1.82) is 0 Å². The van der Waals surface area contributed by atoms with E-state index in [1.165, 1.54) is 24.3 Å². The number of carbonyl (C=O) groups is 2. The molecule has 0 radical (unpaired) electrons. The second-order valence-electron chi connectivity index (χ2n) is 7.66. The highest BCUT2D eigenvalue weighted by Gasteiger charge is 2.44. The van der Waals surface area contributed by atoms with E-state index in [1.54, 1.807) is 24.3 Å². The number of carbonyl (C=O) groups excluding carboxylic acids is 1. The van der Waals surface area contributed by atoms with Crippen molar-refractivity contribution in [2.75, 3.05) is 0 Å². The number of aromatic carboxylic acids is 1. The van der Waals surface area contributed by atoms with E-state index in [2.05, 4.69) is 5.32 Å². The predicted octanol–water partition coefficient (Wildman–Crippen LogP) is 4.07. The monoisotopic (exact) mass is 482 g/mol. The summed E-state index contributed by atoms with van der Waals surface area (Å²) in [5.74, 6) is -1.40. The number of benzene rings is 2. The summed E-state index contributed by atoms with van der Waals surface area (Å²) in [5.41, 5.74) is -0.116. The smallest absolute Gasteiger partial charge is 0.337 e. The molecule has 0 bridgehead atoms. The minimum Gasteiger partial charge on any atom is -0.478 e. The van der Waals surface area contributed by atoms with E-state index in [9.17, 15) is 23.1 Å². The normalized spacial score (nSPS) is 14.6. The summed E-state index contributed by atoms with van der Waals surface area (Å²) >= 11 is 6.08. The van der Waals surface area contributed by atoms with Crippen LogP contribution in [0.25, 0.3) is 10.9 Å². The summed E-state index contributed by atoms with van der Waals surface area (Å²) in [5, 5.41) is 12.7. The standard InChI is InChI=1S/C21H19ClN2O5S.ClH/c1-21(7-8-21)20(27)23-12-14-9-13-10-17(22)16(19(25)26)11-18(13)24(14)30(28,29)15-5-3-2-4-6-15;/h2-6,9-11H,7-8,12H2,1H3,(H,23,27)(H,25,26);1H. The van der Waals surface area contributed by atoms with Crippen molar-refractivity contribution in [2.45, 2.75) is 31.2 Å². The zero-order valence-electron chi connectivity index (χ0n) is 16.5. The third-order valence-corrected chi connectivity index (χ3v) is 7.50. The first-order chi connectivity index (χ1) is 14.1. The van der Waals surface area contributed by atoms with Crippen molar-refractivity contribution in [2.24, 2.45) is 5.41 Å². The fourth-order valence-corrected chi connectivity index (χ4v) is 5.14. The molecule has 1 aliphatic carbocycles. The van der Waals surface area contributed by atoms with Gasteiger partial charge in [-0.1, -0.05) is 36.7 Å². The molecule has 31 heavy (non-hydrogen) atoms. The highest BCUT2D eigenvalue weighted by molar-refractivity contribution is 7.90. The van der Waals surface area contributed by atoms with E-state index < -0.39 is 21.4 Å². The van der Waals surface area contributed by atoms with Gasteiger partial charge in [0.1, 0.15) is 0 Å². The summed E-state index contributed by atoms with van der Waals surface area (Å²) in [6.45, 7) is 1.84. The Balaban J connectivity index is 0.00000272. The Morgan fingerprint density at radius 1 is 1.16 bits per heavy atom. The molecule has 1 saturated carbocycles. The van der Waals surface area contributed by atoms with E-state index in [1.807, 2.05) is 6.92 Å². The number of fused-ring (bicyclic) bond motifs is 1. The van der Waals surface area contributed by atoms with Gasteiger partial charge in [0.15, 0.2) is 0 Å². The van der Waals surface area contributed by atoms with Gasteiger partial charge >= 0.3 is 5.97 Å². The van der Waals surface area contributed by atoms with E-state index in [0.29, 0.717) is 11.1 Å². The first-order valence-corrected chi connectivity index (χ1v) is 11.1. The number of carboxylic acids is 1. The first-order valence-electron chi connectivity index (χ1n) is 9.30. The van der Waals surface area contributed by atoms with E-state index in [0.717, 1.165) is 16.8 Å². The molecule has 1 fully saturated rings. The SMILES string of the molecule is CC1(C(=O)NCc2cc3cc(Cl)c(C(=O)O)cc3n2S(=O)(=O)c2ccccc2)CC1.Cl. The van der Waals surface area contributed by atoms with E-state index in [-0.39, 0.29) is 45.9 Å². The van der Waals surface area contributed by atoms with Crippen molar-refractivity contribution < 1.29 is 23.1 Å². The molecule has 7 nitrogen and oxygen atoms in total. The molecule has 4 rings (SSSR count). The number of amides is 1. The Bertz CT molecular complexity index is 1280. The maximum Gasteiger partial charge on any atom is 0.337 e. The number of rotatable bonds is 6. The van der Waals surface area contributed by atoms with Crippen LogP contribution >= 0.6 is 24.0 Å². The van der Waals surface area contributed by atoms with Gasteiger partial charge in [0.05, 0.1) is 33.2 Å². The molecule has 1 heterocycles. The number of halogens is 2. The van der Waals surface area contributed by atoms with Crippen LogP contribution in [0.2, 0.25) is 5.02 Å². The zero-order valence-corrected chi connectivity index (χ0v) is 18.9. The molecule has 3 aromatic rings. The summed E-state index contributed by atoms with van der Waals surface area (Å²) in [6.07, 6.45) is 1.59. The minimum absolute atomic E-state index is 0. The lowest BCUT2D eigenvalue weighted by Gasteiger charge is -2.14. The van der Waals surface area contributed by atoms with Gasteiger partial charge in [0.2, 0.25) is 5.91 Å². The molecular formula is C21H20Cl2N2O5S. The number of nitrogens with zero attached hydrogens (tertiary/aromatic N) is 1. The topological polar surface area (TPSA) is 105 Å². The van der Waals surface area contributed by atoms with E-state index in [4.69, 9.17) is 11.6 Å². The largest absolute Gasteiger partial charge is 0.478 e. The molecule has 2 aromatic carbocycles. The molecule has 0 unspecified atom stereocenters. The van der Waals surface area contributed by atoms with Crippen LogP contribution in [0.3, 0.4) is 0 Å². The molecule has 1 amide bonds. The molecule has 2 N–H and O–H groups in total. The maximum absolute atomic E-state index is 13.4. The summed E-state index contributed by atoms with van der Waals surface area (Å²) in [4.78, 5) is 24.0. The first kappa shape index (κ1) is 23.1. The molecule has 0 spiro atoms. The average molecular weight is 483 g/mol. The highest BCUT2D eigenvalue weighted by Crippen LogP contribution is 2.45. The van der Waals surface area contributed by atoms with Crippen molar-refractivity contribution >= 4 is 56.8 Å². The average Bonchev–Trinajstić information content (AvgIpc) is 3.35. The van der Waals surface area contributed by atoms with Crippen LogP contribution in [0.4, 0.5) is 0 Å². The molecular weight excluding hydrogens is 463 g/mol. The van der Waals surface area contributed by atoms with Crippen LogP contribution in [-0.4, -0.2) is 29.4 Å². The van der Waals surface area contributed by atoms with E-state index >= 15 is 0 Å². The Morgan fingerprint density at radius 3 is 2.39 bits per heavy atom. The van der Waals surface area contributed by atoms with Gasteiger partial charge in [0, 0.05) is 10.8 Å². The Morgan fingerprint density at radius 2 is 1.81 bits per heavy atom. The highest BCUT2D eigenvalue weighted by atomic mass is 35.5. The van der Waals surface area contributed by atoms with Gasteiger partial charge in [-0.25, -0.2) is 17.2 Å². The predicted molar refractivity (Wildman–Crippen MR) is 119 cm³/mol. The Kier molecular flexibility index (Phi) is 6.10. The summed E-state index contributed by atoms with van der Waals surface area (Å²) < 4.78 is 27.9. The molecule has 164 valence electrons. The summed E-state index contributed by atoms with van der Waals surface area (Å²) in [6, 6.07) is 12.1. The van der Waals surface area contributed by atoms with Gasteiger partial charge in [0.25, 0.3) is 10.0 Å². The van der Waals surface area contributed by atoms with Gasteiger partial charge in [-0.05, 0) is 43.2 Å². The van der Waals surface area contributed by atoms with Crippen LogP contribution in [0.15, 0.2) is 53.4 Å². The quantitative estimate of drug-likeness (QED) is 0.550. The van der Waals surface area contributed by atoms with Crippen molar-refractivity contribution in [3.05, 3.63) is 64.8 Å². The molecule has 0 saturated heterocycles. The number of nitrogens with one attached hydrogen (secondary N) is 1.